The molecule has 1 amide bonds. The van der Waals surface area contributed by atoms with Gasteiger partial charge in [-0.15, -0.1) is 0 Å². The molecule has 1 aromatic heterocycles. The molecule has 0 saturated heterocycles. The van der Waals surface area contributed by atoms with Crippen molar-refractivity contribution in [3.05, 3.63) is 59.4 Å². The van der Waals surface area contributed by atoms with Gasteiger partial charge in [0, 0.05) is 18.1 Å². The number of nitrogens with zero attached hydrogens (tertiary/aromatic N) is 1. The molecule has 1 N–H and O–H groups in total. The van der Waals surface area contributed by atoms with Gasteiger partial charge in [0.05, 0.1) is 0 Å². The molecular formula is C13H10F2N2O. The maximum atomic E-state index is 13.4. The molecule has 2 aromatic rings. The smallest absolute Gasteiger partial charge is 0.261 e. The van der Waals surface area contributed by atoms with Gasteiger partial charge in [0.15, 0.2) is 0 Å². The molecular weight excluding hydrogens is 238 g/mol. The average Bonchev–Trinajstić information content (AvgIpc) is 2.32. The summed E-state index contributed by atoms with van der Waals surface area (Å²) in [5.74, 6) is -2.60. The molecule has 1 heterocycles. The summed E-state index contributed by atoms with van der Waals surface area (Å²) in [4.78, 5) is 15.7. The normalized spacial score (nSPS) is 10.2. The maximum absolute atomic E-state index is 13.4. The summed E-state index contributed by atoms with van der Waals surface area (Å²) in [6, 6.07) is 4.85. The molecule has 0 aliphatic rings. The number of amides is 1. The highest BCUT2D eigenvalue weighted by molar-refractivity contribution is 6.04. The Bertz CT molecular complexity index is 579. The third-order valence-corrected chi connectivity index (χ3v) is 2.46. The SMILES string of the molecule is Cc1cnccc1NC(=O)c1c(F)cccc1F. The van der Waals surface area contributed by atoms with Gasteiger partial charge in [-0.25, -0.2) is 8.78 Å². The minimum atomic E-state index is -0.890. The highest BCUT2D eigenvalue weighted by atomic mass is 19.1. The van der Waals surface area contributed by atoms with Crippen LogP contribution in [0.2, 0.25) is 0 Å². The zero-order valence-electron chi connectivity index (χ0n) is 9.58. The number of rotatable bonds is 2. The van der Waals surface area contributed by atoms with Crippen molar-refractivity contribution in [1.29, 1.82) is 0 Å². The Morgan fingerprint density at radius 1 is 1.22 bits per heavy atom. The van der Waals surface area contributed by atoms with Crippen LogP contribution in [0.1, 0.15) is 15.9 Å². The van der Waals surface area contributed by atoms with Crippen LogP contribution in [-0.4, -0.2) is 10.9 Å². The molecule has 0 atom stereocenters. The van der Waals surface area contributed by atoms with Crippen molar-refractivity contribution >= 4 is 11.6 Å². The van der Waals surface area contributed by atoms with Crippen LogP contribution in [0.15, 0.2) is 36.7 Å². The molecule has 0 radical (unpaired) electrons. The van der Waals surface area contributed by atoms with E-state index in [9.17, 15) is 13.6 Å². The molecule has 0 aliphatic heterocycles. The summed E-state index contributed by atoms with van der Waals surface area (Å²) in [6.07, 6.45) is 3.04. The Morgan fingerprint density at radius 2 is 1.89 bits per heavy atom. The van der Waals surface area contributed by atoms with Gasteiger partial charge in [-0.1, -0.05) is 6.07 Å². The van der Waals surface area contributed by atoms with Gasteiger partial charge in [-0.3, -0.25) is 9.78 Å². The Kier molecular flexibility index (Phi) is 3.32. The summed E-state index contributed by atoms with van der Waals surface area (Å²) >= 11 is 0. The van der Waals surface area contributed by atoms with E-state index in [4.69, 9.17) is 0 Å². The molecule has 0 aliphatic carbocycles. The van der Waals surface area contributed by atoms with E-state index in [0.717, 1.165) is 12.1 Å². The lowest BCUT2D eigenvalue weighted by Crippen LogP contribution is -2.16. The second kappa shape index (κ2) is 4.91. The number of benzene rings is 1. The molecule has 1 aromatic carbocycles. The largest absolute Gasteiger partial charge is 0.321 e. The monoisotopic (exact) mass is 248 g/mol. The lowest BCUT2D eigenvalue weighted by Gasteiger charge is -2.08. The number of halogens is 2. The van der Waals surface area contributed by atoms with E-state index in [0.29, 0.717) is 11.3 Å². The van der Waals surface area contributed by atoms with E-state index in [1.807, 2.05) is 0 Å². The highest BCUT2D eigenvalue weighted by Crippen LogP contribution is 2.17. The first-order valence-corrected chi connectivity index (χ1v) is 5.25. The van der Waals surface area contributed by atoms with Gasteiger partial charge in [0.2, 0.25) is 0 Å². The van der Waals surface area contributed by atoms with Crippen molar-refractivity contribution in [2.24, 2.45) is 0 Å². The van der Waals surface area contributed by atoms with Crippen LogP contribution in [-0.2, 0) is 0 Å². The average molecular weight is 248 g/mol. The molecule has 2 rings (SSSR count). The summed E-state index contributed by atoms with van der Waals surface area (Å²) < 4.78 is 26.8. The number of aromatic nitrogens is 1. The van der Waals surface area contributed by atoms with Crippen molar-refractivity contribution in [3.63, 3.8) is 0 Å². The van der Waals surface area contributed by atoms with Gasteiger partial charge in [-0.05, 0) is 30.7 Å². The van der Waals surface area contributed by atoms with Crippen molar-refractivity contribution in [3.8, 4) is 0 Å². The van der Waals surface area contributed by atoms with Crippen LogP contribution in [0.4, 0.5) is 14.5 Å². The predicted octanol–water partition coefficient (Wildman–Crippen LogP) is 2.92. The van der Waals surface area contributed by atoms with E-state index >= 15 is 0 Å². The van der Waals surface area contributed by atoms with E-state index < -0.39 is 23.1 Å². The van der Waals surface area contributed by atoms with E-state index in [-0.39, 0.29) is 0 Å². The van der Waals surface area contributed by atoms with Gasteiger partial charge in [-0.2, -0.15) is 0 Å². The standard InChI is InChI=1S/C13H10F2N2O/c1-8-7-16-6-5-11(8)17-13(18)12-9(14)3-2-4-10(12)15/h2-7H,1H3,(H,16,17,18). The number of hydrogen-bond donors (Lipinski definition) is 1. The molecule has 3 nitrogen and oxygen atoms in total. The fourth-order valence-corrected chi connectivity index (χ4v) is 1.51. The number of pyridine rings is 1. The highest BCUT2D eigenvalue weighted by Gasteiger charge is 2.17. The van der Waals surface area contributed by atoms with Crippen molar-refractivity contribution in [2.45, 2.75) is 6.92 Å². The van der Waals surface area contributed by atoms with E-state index in [1.165, 1.54) is 12.3 Å². The first kappa shape index (κ1) is 12.2. The molecule has 0 fully saturated rings. The third-order valence-electron chi connectivity index (χ3n) is 2.46. The zero-order chi connectivity index (χ0) is 13.1. The van der Waals surface area contributed by atoms with Gasteiger partial charge < -0.3 is 5.32 Å². The second-order valence-electron chi connectivity index (χ2n) is 3.74. The van der Waals surface area contributed by atoms with Gasteiger partial charge in [0.25, 0.3) is 5.91 Å². The van der Waals surface area contributed by atoms with E-state index in [2.05, 4.69) is 10.3 Å². The number of carbonyl (C=O) groups excluding carboxylic acids is 1. The number of nitrogens with one attached hydrogen (secondary N) is 1. The Labute approximate surface area is 102 Å². The lowest BCUT2D eigenvalue weighted by molar-refractivity contribution is 0.101. The van der Waals surface area contributed by atoms with Crippen LogP contribution in [0, 0.1) is 18.6 Å². The predicted molar refractivity (Wildman–Crippen MR) is 63.3 cm³/mol. The quantitative estimate of drug-likeness (QED) is 0.887. The number of anilines is 1. The molecule has 18 heavy (non-hydrogen) atoms. The van der Waals surface area contributed by atoms with Crippen LogP contribution >= 0.6 is 0 Å². The minimum absolute atomic E-state index is 0.470. The molecule has 0 unspecified atom stereocenters. The topological polar surface area (TPSA) is 42.0 Å². The summed E-state index contributed by atoms with van der Waals surface area (Å²) in [5, 5.41) is 2.45. The first-order chi connectivity index (χ1) is 8.59. The molecule has 5 heteroatoms. The third kappa shape index (κ3) is 2.34. The minimum Gasteiger partial charge on any atom is -0.321 e. The Balaban J connectivity index is 2.31. The summed E-state index contributed by atoms with van der Waals surface area (Å²) in [5.41, 5.74) is 0.592. The Morgan fingerprint density at radius 3 is 2.50 bits per heavy atom. The van der Waals surface area contributed by atoms with Crippen molar-refractivity contribution in [2.75, 3.05) is 5.32 Å². The van der Waals surface area contributed by atoms with Gasteiger partial charge >= 0.3 is 0 Å². The van der Waals surface area contributed by atoms with Crippen LogP contribution in [0.5, 0.6) is 0 Å². The van der Waals surface area contributed by atoms with Gasteiger partial charge in [0.1, 0.15) is 17.2 Å². The zero-order valence-corrected chi connectivity index (χ0v) is 9.58. The van der Waals surface area contributed by atoms with Crippen LogP contribution in [0.25, 0.3) is 0 Å². The molecule has 92 valence electrons. The molecule has 0 spiro atoms. The van der Waals surface area contributed by atoms with Crippen molar-refractivity contribution < 1.29 is 13.6 Å². The fraction of sp³-hybridized carbons (Fsp3) is 0.0769. The lowest BCUT2D eigenvalue weighted by atomic mass is 10.1. The Hall–Kier alpha value is -2.30. The number of aryl methyl sites for hydroxylation is 1. The van der Waals surface area contributed by atoms with E-state index in [1.54, 1.807) is 19.2 Å². The fourth-order valence-electron chi connectivity index (χ4n) is 1.51. The number of hydrogen-bond acceptors (Lipinski definition) is 2. The first-order valence-electron chi connectivity index (χ1n) is 5.25. The molecule has 0 saturated carbocycles. The van der Waals surface area contributed by atoms with Crippen LogP contribution < -0.4 is 5.32 Å². The summed E-state index contributed by atoms with van der Waals surface area (Å²) in [7, 11) is 0. The molecule has 0 bridgehead atoms. The maximum Gasteiger partial charge on any atom is 0.261 e. The number of carbonyl (C=O) groups is 1. The summed E-state index contributed by atoms with van der Waals surface area (Å²) in [6.45, 7) is 1.74. The van der Waals surface area contributed by atoms with Crippen molar-refractivity contribution in [1.82, 2.24) is 4.98 Å². The van der Waals surface area contributed by atoms with Crippen LogP contribution in [0.3, 0.4) is 0 Å². The second-order valence-corrected chi connectivity index (χ2v) is 3.74.